The first-order valence-corrected chi connectivity index (χ1v) is 9.33. The lowest BCUT2D eigenvalue weighted by Gasteiger charge is -2.44. The van der Waals surface area contributed by atoms with Gasteiger partial charge in [0, 0.05) is 31.5 Å². The third kappa shape index (κ3) is 3.64. The maximum absolute atomic E-state index is 12.5. The third-order valence-electron chi connectivity index (χ3n) is 5.93. The molecule has 3 aliphatic rings. The highest BCUT2D eigenvalue weighted by Crippen LogP contribution is 2.35. The maximum atomic E-state index is 12.5. The predicted molar refractivity (Wildman–Crippen MR) is 86.3 cm³/mol. The molecule has 0 aromatic carbocycles. The van der Waals surface area contributed by atoms with Crippen LogP contribution in [0.1, 0.15) is 70.6 Å². The summed E-state index contributed by atoms with van der Waals surface area (Å²) in [5.41, 5.74) is 0. The van der Waals surface area contributed by atoms with E-state index in [1.165, 1.54) is 44.9 Å². The van der Waals surface area contributed by atoms with Crippen molar-refractivity contribution in [1.29, 1.82) is 0 Å². The number of rotatable bonds is 4. The molecule has 3 rings (SSSR count). The molecule has 2 aliphatic carbocycles. The van der Waals surface area contributed by atoms with Gasteiger partial charge in [-0.3, -0.25) is 9.59 Å². The van der Waals surface area contributed by atoms with Gasteiger partial charge in [0.15, 0.2) is 0 Å². The van der Waals surface area contributed by atoms with Crippen LogP contribution in [0.4, 0.5) is 0 Å². The van der Waals surface area contributed by atoms with Gasteiger partial charge in [-0.15, -0.1) is 0 Å². The second-order valence-corrected chi connectivity index (χ2v) is 7.36. The van der Waals surface area contributed by atoms with Gasteiger partial charge in [-0.1, -0.05) is 25.7 Å². The fourth-order valence-corrected chi connectivity index (χ4v) is 4.70. The summed E-state index contributed by atoms with van der Waals surface area (Å²) in [5, 5.41) is 2.98. The molecule has 0 radical (unpaired) electrons. The van der Waals surface area contributed by atoms with Crippen LogP contribution in [-0.2, 0) is 9.59 Å². The topological polar surface area (TPSA) is 49.4 Å². The molecule has 2 amide bonds. The van der Waals surface area contributed by atoms with Crippen molar-refractivity contribution >= 4 is 11.8 Å². The van der Waals surface area contributed by atoms with Crippen LogP contribution in [-0.4, -0.2) is 35.8 Å². The second kappa shape index (κ2) is 7.47. The quantitative estimate of drug-likeness (QED) is 0.868. The minimum atomic E-state index is 0.166. The highest BCUT2D eigenvalue weighted by Gasteiger charge is 2.35. The first-order valence-electron chi connectivity index (χ1n) is 9.33. The molecule has 124 valence electrons. The van der Waals surface area contributed by atoms with Crippen LogP contribution < -0.4 is 5.32 Å². The van der Waals surface area contributed by atoms with Gasteiger partial charge in [0.1, 0.15) is 0 Å². The lowest BCUT2D eigenvalue weighted by molar-refractivity contribution is -0.137. The minimum Gasteiger partial charge on any atom is -0.355 e. The monoisotopic (exact) mass is 306 g/mol. The Bertz CT molecular complexity index is 402. The van der Waals surface area contributed by atoms with Gasteiger partial charge >= 0.3 is 0 Å². The van der Waals surface area contributed by atoms with E-state index in [4.69, 9.17) is 0 Å². The van der Waals surface area contributed by atoms with E-state index in [0.29, 0.717) is 19.0 Å². The van der Waals surface area contributed by atoms with E-state index in [9.17, 15) is 9.59 Å². The summed E-state index contributed by atoms with van der Waals surface area (Å²) in [4.78, 5) is 26.7. The Kier molecular flexibility index (Phi) is 5.37. The lowest BCUT2D eigenvalue weighted by atomic mass is 9.78. The van der Waals surface area contributed by atoms with Crippen molar-refractivity contribution in [3.8, 4) is 0 Å². The van der Waals surface area contributed by atoms with Gasteiger partial charge in [-0.05, 0) is 44.4 Å². The van der Waals surface area contributed by atoms with E-state index in [1.54, 1.807) is 0 Å². The number of amides is 2. The summed E-state index contributed by atoms with van der Waals surface area (Å²) in [5.74, 6) is 1.36. The molecule has 0 aromatic rings. The predicted octanol–water partition coefficient (Wildman–Crippen LogP) is 2.86. The van der Waals surface area contributed by atoms with Crippen LogP contribution >= 0.6 is 0 Å². The van der Waals surface area contributed by atoms with Crippen molar-refractivity contribution in [1.82, 2.24) is 10.2 Å². The molecule has 4 heteroatoms. The first-order chi connectivity index (χ1) is 10.8. The number of nitrogens with zero attached hydrogens (tertiary/aromatic N) is 1. The minimum absolute atomic E-state index is 0.166. The summed E-state index contributed by atoms with van der Waals surface area (Å²) in [6.45, 7) is 1.44. The molecular weight excluding hydrogens is 276 g/mol. The summed E-state index contributed by atoms with van der Waals surface area (Å²) in [7, 11) is 0. The van der Waals surface area contributed by atoms with E-state index in [-0.39, 0.29) is 17.7 Å². The van der Waals surface area contributed by atoms with Gasteiger partial charge < -0.3 is 10.2 Å². The third-order valence-corrected chi connectivity index (χ3v) is 5.93. The number of carbonyl (C=O) groups excluding carboxylic acids is 2. The van der Waals surface area contributed by atoms with Crippen molar-refractivity contribution in [2.45, 2.75) is 76.7 Å². The van der Waals surface area contributed by atoms with Crippen LogP contribution in [0.3, 0.4) is 0 Å². The molecule has 3 fully saturated rings. The molecule has 1 N–H and O–H groups in total. The molecule has 2 saturated carbocycles. The molecule has 2 unspecified atom stereocenters. The number of nitrogens with one attached hydrogen (secondary N) is 1. The molecule has 4 nitrogen and oxygen atoms in total. The number of hydrogen-bond donors (Lipinski definition) is 1. The summed E-state index contributed by atoms with van der Waals surface area (Å²) in [6, 6.07) is 0.487. The molecule has 1 aliphatic heterocycles. The zero-order valence-corrected chi connectivity index (χ0v) is 13.7. The number of fused-ring (bicyclic) bond motifs is 1. The maximum Gasteiger partial charge on any atom is 0.224 e. The molecule has 1 heterocycles. The Balaban J connectivity index is 1.43. The Hall–Kier alpha value is -1.06. The van der Waals surface area contributed by atoms with Gasteiger partial charge in [-0.2, -0.15) is 0 Å². The number of piperidine rings is 1. The van der Waals surface area contributed by atoms with Crippen molar-refractivity contribution in [2.24, 2.45) is 11.8 Å². The van der Waals surface area contributed by atoms with Crippen molar-refractivity contribution < 1.29 is 9.59 Å². The molecular formula is C18H30N2O2. The van der Waals surface area contributed by atoms with Crippen molar-refractivity contribution in [3.63, 3.8) is 0 Å². The van der Waals surface area contributed by atoms with E-state index < -0.39 is 0 Å². The molecule has 0 bridgehead atoms. The van der Waals surface area contributed by atoms with E-state index in [2.05, 4.69) is 10.2 Å². The standard InChI is InChI=1S/C18H30N2O2/c21-17(11-12-19-18(22)15-7-1-2-8-15)20-13-5-9-14-6-3-4-10-16(14)20/h14-16H,1-13H2,(H,19,22). The molecule has 0 spiro atoms. The highest BCUT2D eigenvalue weighted by molar-refractivity contribution is 5.80. The summed E-state index contributed by atoms with van der Waals surface area (Å²) >= 11 is 0. The first kappa shape index (κ1) is 15.8. The van der Waals surface area contributed by atoms with Crippen LogP contribution in [0.2, 0.25) is 0 Å². The summed E-state index contributed by atoms with van der Waals surface area (Å²) in [6.07, 6.45) is 12.4. The fraction of sp³-hybridized carbons (Fsp3) is 0.889. The van der Waals surface area contributed by atoms with Crippen molar-refractivity contribution in [3.05, 3.63) is 0 Å². The summed E-state index contributed by atoms with van der Waals surface area (Å²) < 4.78 is 0. The molecule has 1 saturated heterocycles. The fourth-order valence-electron chi connectivity index (χ4n) is 4.70. The Morgan fingerprint density at radius 1 is 0.909 bits per heavy atom. The molecule has 2 atom stereocenters. The molecule has 0 aromatic heterocycles. The van der Waals surface area contributed by atoms with Gasteiger partial charge in [0.05, 0.1) is 0 Å². The van der Waals surface area contributed by atoms with Crippen LogP contribution in [0.5, 0.6) is 0 Å². The van der Waals surface area contributed by atoms with Crippen molar-refractivity contribution in [2.75, 3.05) is 13.1 Å². The van der Waals surface area contributed by atoms with Gasteiger partial charge in [0.25, 0.3) is 0 Å². The smallest absolute Gasteiger partial charge is 0.224 e. The number of carbonyl (C=O) groups is 2. The number of hydrogen-bond acceptors (Lipinski definition) is 2. The van der Waals surface area contributed by atoms with Crippen LogP contribution in [0.15, 0.2) is 0 Å². The Morgan fingerprint density at radius 3 is 2.41 bits per heavy atom. The average molecular weight is 306 g/mol. The average Bonchev–Trinajstić information content (AvgIpc) is 3.08. The number of likely N-dealkylation sites (tertiary alicyclic amines) is 1. The van der Waals surface area contributed by atoms with E-state index in [1.807, 2.05) is 0 Å². The largest absolute Gasteiger partial charge is 0.355 e. The Labute approximate surface area is 134 Å². The van der Waals surface area contributed by atoms with E-state index >= 15 is 0 Å². The lowest BCUT2D eigenvalue weighted by Crippen LogP contribution is -2.50. The second-order valence-electron chi connectivity index (χ2n) is 7.36. The highest BCUT2D eigenvalue weighted by atomic mass is 16.2. The Morgan fingerprint density at radius 2 is 1.59 bits per heavy atom. The van der Waals surface area contributed by atoms with Gasteiger partial charge in [0.2, 0.25) is 11.8 Å². The van der Waals surface area contributed by atoms with Crippen LogP contribution in [0.25, 0.3) is 0 Å². The van der Waals surface area contributed by atoms with E-state index in [0.717, 1.165) is 31.7 Å². The zero-order valence-electron chi connectivity index (χ0n) is 13.7. The van der Waals surface area contributed by atoms with Gasteiger partial charge in [-0.25, -0.2) is 0 Å². The SMILES string of the molecule is O=C(NCCC(=O)N1CCCC2CCCCC21)C1CCCC1. The molecule has 22 heavy (non-hydrogen) atoms. The zero-order chi connectivity index (χ0) is 15.4. The normalized spacial score (nSPS) is 29.2. The van der Waals surface area contributed by atoms with Crippen LogP contribution in [0, 0.1) is 11.8 Å².